The van der Waals surface area contributed by atoms with Gasteiger partial charge in [0, 0.05) is 6.61 Å². The minimum Gasteiger partial charge on any atom is -0.396 e. The second-order valence-corrected chi connectivity index (χ2v) is 5.00. The van der Waals surface area contributed by atoms with Crippen LogP contribution < -0.4 is 0 Å². The van der Waals surface area contributed by atoms with E-state index in [9.17, 15) is 4.39 Å². The van der Waals surface area contributed by atoms with Crippen LogP contribution in [0.5, 0.6) is 0 Å². The van der Waals surface area contributed by atoms with Crippen molar-refractivity contribution in [2.75, 3.05) is 13.3 Å². The third-order valence-corrected chi connectivity index (χ3v) is 3.20. The van der Waals surface area contributed by atoms with Crippen LogP contribution in [0.3, 0.4) is 0 Å². The van der Waals surface area contributed by atoms with Gasteiger partial charge < -0.3 is 5.11 Å². The number of aliphatic hydroxyl groups excluding tert-OH is 1. The predicted molar refractivity (Wildman–Crippen MR) is 77.6 cm³/mol. The van der Waals surface area contributed by atoms with Crippen molar-refractivity contribution in [2.45, 2.75) is 77.0 Å². The number of unbranched alkanes of at least 4 members (excludes halogenated alkanes) is 10. The van der Waals surface area contributed by atoms with Crippen LogP contribution in [0.1, 0.15) is 77.0 Å². The first-order valence-electron chi connectivity index (χ1n) is 7.73. The van der Waals surface area contributed by atoms with E-state index in [-0.39, 0.29) is 6.67 Å². The molecule has 0 aromatic heterocycles. The number of allylic oxidation sites excluding steroid dienone is 2. The van der Waals surface area contributed by atoms with E-state index < -0.39 is 0 Å². The van der Waals surface area contributed by atoms with Gasteiger partial charge in [-0.2, -0.15) is 0 Å². The third kappa shape index (κ3) is 15.6. The van der Waals surface area contributed by atoms with Gasteiger partial charge in [0.25, 0.3) is 0 Å². The molecule has 0 aromatic carbocycles. The second kappa shape index (κ2) is 16.6. The first-order chi connectivity index (χ1) is 8.91. The fraction of sp³-hybridized carbons (Fsp3) is 0.875. The quantitative estimate of drug-likeness (QED) is 0.336. The molecule has 108 valence electrons. The number of aliphatic hydroxyl groups is 1. The highest BCUT2D eigenvalue weighted by atomic mass is 19.1. The first kappa shape index (κ1) is 17.6. The zero-order valence-electron chi connectivity index (χ0n) is 11.9. The molecule has 0 unspecified atom stereocenters. The zero-order chi connectivity index (χ0) is 13.3. The Kier molecular flexibility index (Phi) is 16.3. The molecular weight excluding hydrogens is 227 g/mol. The Morgan fingerprint density at radius 3 is 1.56 bits per heavy atom. The van der Waals surface area contributed by atoms with E-state index in [0.29, 0.717) is 6.61 Å². The van der Waals surface area contributed by atoms with Gasteiger partial charge in [0.2, 0.25) is 0 Å². The van der Waals surface area contributed by atoms with E-state index in [1.807, 2.05) is 0 Å². The summed E-state index contributed by atoms with van der Waals surface area (Å²) < 4.78 is 11.8. The monoisotopic (exact) mass is 258 g/mol. The summed E-state index contributed by atoms with van der Waals surface area (Å²) >= 11 is 0. The third-order valence-electron chi connectivity index (χ3n) is 3.20. The molecule has 0 aliphatic rings. The lowest BCUT2D eigenvalue weighted by molar-refractivity contribution is 0.282. The Morgan fingerprint density at radius 2 is 1.06 bits per heavy atom. The van der Waals surface area contributed by atoms with Gasteiger partial charge in [-0.3, -0.25) is 4.39 Å². The topological polar surface area (TPSA) is 20.2 Å². The van der Waals surface area contributed by atoms with Gasteiger partial charge in [-0.15, -0.1) is 0 Å². The van der Waals surface area contributed by atoms with Gasteiger partial charge >= 0.3 is 0 Å². The molecule has 0 atom stereocenters. The summed E-state index contributed by atoms with van der Waals surface area (Å²) in [5, 5.41) is 8.63. The SMILES string of the molecule is OCCCCCCCC/C=C/CCCCCCF. The van der Waals surface area contributed by atoms with Crippen LogP contribution in [0.4, 0.5) is 4.39 Å². The van der Waals surface area contributed by atoms with Crippen molar-refractivity contribution in [3.8, 4) is 0 Å². The Morgan fingerprint density at radius 1 is 0.611 bits per heavy atom. The molecule has 0 aliphatic heterocycles. The van der Waals surface area contributed by atoms with Crippen LogP contribution in [0.2, 0.25) is 0 Å². The Hall–Kier alpha value is -0.370. The maximum Gasteiger partial charge on any atom is 0.0894 e. The van der Waals surface area contributed by atoms with Gasteiger partial charge in [-0.05, 0) is 38.5 Å². The summed E-state index contributed by atoms with van der Waals surface area (Å²) in [7, 11) is 0. The Balaban J connectivity index is 3.00. The van der Waals surface area contributed by atoms with E-state index in [1.54, 1.807) is 0 Å². The van der Waals surface area contributed by atoms with Crippen molar-refractivity contribution in [1.82, 2.24) is 0 Å². The zero-order valence-corrected chi connectivity index (χ0v) is 11.9. The summed E-state index contributed by atoms with van der Waals surface area (Å²) in [4.78, 5) is 0. The summed E-state index contributed by atoms with van der Waals surface area (Å²) in [6.07, 6.45) is 18.4. The molecule has 0 rings (SSSR count). The normalized spacial score (nSPS) is 11.4. The molecular formula is C16H31FO. The maximum atomic E-state index is 11.8. The highest BCUT2D eigenvalue weighted by Gasteiger charge is 1.90. The van der Waals surface area contributed by atoms with Gasteiger partial charge in [-0.1, -0.05) is 50.7 Å². The van der Waals surface area contributed by atoms with Gasteiger partial charge in [0.1, 0.15) is 0 Å². The van der Waals surface area contributed by atoms with Crippen molar-refractivity contribution in [1.29, 1.82) is 0 Å². The minimum absolute atomic E-state index is 0.159. The molecule has 18 heavy (non-hydrogen) atoms. The molecule has 0 aliphatic carbocycles. The van der Waals surface area contributed by atoms with Crippen molar-refractivity contribution in [2.24, 2.45) is 0 Å². The van der Waals surface area contributed by atoms with Crippen molar-refractivity contribution < 1.29 is 9.50 Å². The number of alkyl halides is 1. The van der Waals surface area contributed by atoms with Crippen LogP contribution in [-0.2, 0) is 0 Å². The molecule has 1 nitrogen and oxygen atoms in total. The van der Waals surface area contributed by atoms with E-state index in [0.717, 1.165) is 25.7 Å². The summed E-state index contributed by atoms with van der Waals surface area (Å²) in [5.41, 5.74) is 0. The molecule has 0 aromatic rings. The van der Waals surface area contributed by atoms with Gasteiger partial charge in [0.15, 0.2) is 0 Å². The number of rotatable bonds is 14. The number of halogens is 1. The molecule has 0 spiro atoms. The summed E-state index contributed by atoms with van der Waals surface area (Å²) in [5.74, 6) is 0. The largest absolute Gasteiger partial charge is 0.396 e. The van der Waals surface area contributed by atoms with Crippen LogP contribution in [0, 0.1) is 0 Å². The number of hydrogen-bond acceptors (Lipinski definition) is 1. The second-order valence-electron chi connectivity index (χ2n) is 5.00. The average molecular weight is 258 g/mol. The molecule has 0 radical (unpaired) electrons. The lowest BCUT2D eigenvalue weighted by atomic mass is 10.1. The molecule has 0 saturated carbocycles. The van der Waals surface area contributed by atoms with Crippen LogP contribution in [0.15, 0.2) is 12.2 Å². The summed E-state index contributed by atoms with van der Waals surface area (Å²) in [6, 6.07) is 0. The number of hydrogen-bond donors (Lipinski definition) is 1. The van der Waals surface area contributed by atoms with Crippen LogP contribution in [0.25, 0.3) is 0 Å². The highest BCUT2D eigenvalue weighted by molar-refractivity contribution is 4.81. The predicted octanol–water partition coefficient (Wildman–Crippen LogP) is 5.19. The average Bonchev–Trinajstić information content (AvgIpc) is 2.39. The Bertz CT molecular complexity index is 168. The lowest BCUT2D eigenvalue weighted by Gasteiger charge is -1.99. The maximum absolute atomic E-state index is 11.8. The molecule has 2 heteroatoms. The molecule has 0 heterocycles. The van der Waals surface area contributed by atoms with E-state index in [2.05, 4.69) is 12.2 Å². The minimum atomic E-state index is -0.159. The molecule has 1 N–H and O–H groups in total. The molecule has 0 fully saturated rings. The van der Waals surface area contributed by atoms with Gasteiger partial charge in [0.05, 0.1) is 6.67 Å². The molecule has 0 bridgehead atoms. The van der Waals surface area contributed by atoms with Crippen molar-refractivity contribution in [3.05, 3.63) is 12.2 Å². The first-order valence-corrected chi connectivity index (χ1v) is 7.73. The summed E-state index contributed by atoms with van der Waals surface area (Å²) in [6.45, 7) is 0.183. The van der Waals surface area contributed by atoms with Crippen LogP contribution in [-0.4, -0.2) is 18.4 Å². The molecule has 0 saturated heterocycles. The van der Waals surface area contributed by atoms with Gasteiger partial charge in [-0.25, -0.2) is 0 Å². The van der Waals surface area contributed by atoms with E-state index >= 15 is 0 Å². The standard InChI is InChI=1S/C16H31FO/c17-15-13-11-9-7-5-3-1-2-4-6-8-10-12-14-16-18/h1,3,18H,2,4-16H2/b3-1+. The molecule has 0 amide bonds. The van der Waals surface area contributed by atoms with E-state index in [1.165, 1.54) is 51.4 Å². The fourth-order valence-corrected chi connectivity index (χ4v) is 2.03. The lowest BCUT2D eigenvalue weighted by Crippen LogP contribution is -1.83. The van der Waals surface area contributed by atoms with E-state index in [4.69, 9.17) is 5.11 Å². The van der Waals surface area contributed by atoms with Crippen molar-refractivity contribution >= 4 is 0 Å². The smallest absolute Gasteiger partial charge is 0.0894 e. The highest BCUT2D eigenvalue weighted by Crippen LogP contribution is 2.08. The Labute approximate surface area is 112 Å². The fourth-order valence-electron chi connectivity index (χ4n) is 2.03. The van der Waals surface area contributed by atoms with Crippen molar-refractivity contribution in [3.63, 3.8) is 0 Å². The van der Waals surface area contributed by atoms with Crippen LogP contribution >= 0.6 is 0 Å².